The molecule has 0 fully saturated rings. The lowest BCUT2D eigenvalue weighted by Crippen LogP contribution is -2.45. The predicted molar refractivity (Wildman–Crippen MR) is 482 cm³/mol. The summed E-state index contributed by atoms with van der Waals surface area (Å²) in [5, 5.41) is 110. The number of nitrogens with two attached hydrogens (primary N) is 4. The largest absolute Gasteiger partial charge is 0.481 e. The summed E-state index contributed by atoms with van der Waals surface area (Å²) in [6.45, 7) is 10.9. The Morgan fingerprint density at radius 2 is 0.551 bits per heavy atom. The van der Waals surface area contributed by atoms with Gasteiger partial charge in [-0.1, -0.05) is 48.0 Å². The number of esters is 4. The van der Waals surface area contributed by atoms with Crippen LogP contribution in [0.1, 0.15) is 173 Å². The van der Waals surface area contributed by atoms with Crippen molar-refractivity contribution >= 4 is 164 Å². The lowest BCUT2D eigenvalue weighted by Gasteiger charge is -2.20. The minimum absolute atomic E-state index is 0.0823. The number of hydrogen-bond acceptors (Lipinski definition) is 28. The normalized spacial score (nSPS) is 12.5. The zero-order valence-corrected chi connectivity index (χ0v) is 76.3. The molecule has 4 amide bonds. The number of amidine groups is 4. The van der Waals surface area contributed by atoms with Gasteiger partial charge in [0.25, 0.3) is 0 Å². The zero-order chi connectivity index (χ0) is 102. The molecule has 0 unspecified atom stereocenters. The molecular weight excluding hydrogens is 1880 g/mol. The zero-order valence-electron chi connectivity index (χ0n) is 73.0. The first kappa shape index (κ1) is 111. The number of amides is 4. The second-order valence-electron chi connectivity index (χ2n) is 30.7. The highest BCUT2D eigenvalue weighted by molar-refractivity contribution is 7.15. The molecule has 728 valence electrons. The average Bonchev–Trinajstić information content (AvgIpc) is 1.79. The Kier molecular flexibility index (Phi) is 43.3. The van der Waals surface area contributed by atoms with E-state index in [0.29, 0.717) is 45.2 Å². The molecule has 0 aliphatic rings. The molecule has 0 bridgehead atoms. The second kappa shape index (κ2) is 52.9. The van der Waals surface area contributed by atoms with E-state index >= 15 is 0 Å². The fourth-order valence-corrected chi connectivity index (χ4v) is 16.1. The van der Waals surface area contributed by atoms with Gasteiger partial charge in [-0.05, 0) is 178 Å². The van der Waals surface area contributed by atoms with E-state index in [1.54, 1.807) is 24.3 Å². The van der Waals surface area contributed by atoms with E-state index in [-0.39, 0.29) is 126 Å². The van der Waals surface area contributed by atoms with Crippen LogP contribution >= 0.6 is 45.3 Å². The summed E-state index contributed by atoms with van der Waals surface area (Å²) >= 11 is 4.14. The molecule has 40 nitrogen and oxygen atoms in total. The molecule has 0 radical (unpaired) electrons. The Balaban J connectivity index is 0.000000320. The van der Waals surface area contributed by atoms with Crippen molar-refractivity contribution in [1.29, 1.82) is 21.6 Å². The van der Waals surface area contributed by atoms with Gasteiger partial charge in [0.05, 0.1) is 25.7 Å². The minimum atomic E-state index is -1.56. The van der Waals surface area contributed by atoms with E-state index in [0.717, 1.165) is 69.6 Å². The van der Waals surface area contributed by atoms with Crippen molar-refractivity contribution in [3.8, 4) is 23.0 Å². The van der Waals surface area contributed by atoms with E-state index in [1.165, 1.54) is 79.7 Å². The van der Waals surface area contributed by atoms with Gasteiger partial charge in [-0.2, -0.15) is 0 Å². The van der Waals surface area contributed by atoms with Crippen molar-refractivity contribution in [1.82, 2.24) is 21.3 Å². The van der Waals surface area contributed by atoms with E-state index < -0.39 is 192 Å². The Morgan fingerprint density at radius 1 is 0.331 bits per heavy atom. The van der Waals surface area contributed by atoms with Crippen molar-refractivity contribution in [2.75, 3.05) is 0 Å². The molecule has 8 rings (SSSR count). The maximum Gasteiger partial charge on any atom is 0.353 e. The van der Waals surface area contributed by atoms with Gasteiger partial charge in [-0.25, -0.2) is 55.9 Å². The third kappa shape index (κ3) is 36.7. The molecule has 0 aliphatic heterocycles. The highest BCUT2D eigenvalue weighted by atomic mass is 32.1. The number of carbonyl (C=O) groups is 16. The maximum absolute atomic E-state index is 14.2. The van der Waals surface area contributed by atoms with Crippen LogP contribution in [-0.4, -0.2) is 184 Å². The monoisotopic (exact) mass is 1970 g/mol. The van der Waals surface area contributed by atoms with Gasteiger partial charge in [-0.15, -0.1) is 45.3 Å². The lowest BCUT2D eigenvalue weighted by atomic mass is 9.92. The lowest BCUT2D eigenvalue weighted by molar-refractivity contribution is -0.147. The number of carboxylic acid groups (broad SMARTS) is 8. The molecule has 4 heterocycles. The van der Waals surface area contributed by atoms with Crippen LogP contribution < -0.4 is 63.1 Å². The van der Waals surface area contributed by atoms with Gasteiger partial charge < -0.3 is 104 Å². The van der Waals surface area contributed by atoms with Crippen LogP contribution in [0.25, 0.3) is 0 Å². The predicted octanol–water partition coefficient (Wildman–Crippen LogP) is 9.29. The molecule has 0 saturated carbocycles. The first-order valence-corrected chi connectivity index (χ1v) is 43.8. The van der Waals surface area contributed by atoms with Crippen molar-refractivity contribution in [2.24, 2.45) is 58.4 Å². The minimum Gasteiger partial charge on any atom is -0.481 e. The Bertz CT molecular complexity index is 5640. The molecule has 0 aliphatic carbocycles. The number of ether oxygens (including phenoxy) is 4. The van der Waals surface area contributed by atoms with E-state index in [4.69, 9.17) is 94.2 Å². The van der Waals surface area contributed by atoms with Crippen LogP contribution in [0, 0.1) is 80.4 Å². The van der Waals surface area contributed by atoms with Gasteiger partial charge in [-0.3, -0.25) is 60.0 Å². The molecular formula is C88H96F4N12O28S4. The molecule has 136 heavy (non-hydrogen) atoms. The van der Waals surface area contributed by atoms with Crippen LogP contribution in [-0.2, 0) is 83.2 Å². The summed E-state index contributed by atoms with van der Waals surface area (Å²) in [7, 11) is 0. The van der Waals surface area contributed by atoms with Gasteiger partial charge in [0.1, 0.15) is 67.0 Å². The highest BCUT2D eigenvalue weighted by Crippen LogP contribution is 2.32. The van der Waals surface area contributed by atoms with Crippen LogP contribution in [0.5, 0.6) is 23.0 Å². The summed E-state index contributed by atoms with van der Waals surface area (Å²) in [5.74, 6) is -25.5. The summed E-state index contributed by atoms with van der Waals surface area (Å²) in [5.41, 5.74) is 21.8. The fourth-order valence-electron chi connectivity index (χ4n) is 12.2. The number of rotatable bonds is 46. The molecule has 4 aromatic carbocycles. The van der Waals surface area contributed by atoms with E-state index in [9.17, 15) is 104 Å². The quantitative estimate of drug-likeness (QED) is 0.00555. The summed E-state index contributed by atoms with van der Waals surface area (Å²) in [4.78, 5) is 191. The number of thiophene rings is 4. The van der Waals surface area contributed by atoms with Crippen molar-refractivity contribution in [3.05, 3.63) is 206 Å². The average molecular weight is 1970 g/mol. The summed E-state index contributed by atoms with van der Waals surface area (Å²) in [6.07, 6.45) is -0.474. The number of halogens is 4. The Labute approximate surface area is 786 Å². The Hall–Kier alpha value is -15.2. The number of carboxylic acids is 8. The summed E-state index contributed by atoms with van der Waals surface area (Å²) < 4.78 is 76.8. The van der Waals surface area contributed by atoms with Crippen LogP contribution in [0.3, 0.4) is 0 Å². The van der Waals surface area contributed by atoms with E-state index in [1.807, 2.05) is 34.6 Å². The topological polar surface area (TPSA) is 719 Å². The van der Waals surface area contributed by atoms with Gasteiger partial charge in [0, 0.05) is 65.4 Å². The summed E-state index contributed by atoms with van der Waals surface area (Å²) in [6, 6.07) is 20.1. The number of nitrogens with one attached hydrogen (secondary N) is 8. The molecule has 8 aromatic rings. The molecule has 4 aromatic heterocycles. The van der Waals surface area contributed by atoms with Crippen molar-refractivity contribution in [2.45, 2.75) is 143 Å². The highest BCUT2D eigenvalue weighted by Gasteiger charge is 2.34. The SMILES string of the molecule is CC(C)C[C@@H](Cc1ccc(C(=O)Oc2ccc(C(=N)N)cc2F)s1)C(=O)N[C@@H](CC(=O)O)C(=O)O.CC(C)C[C@H](Cc1ccc(C(=O)Oc2ccc(C(=N)N)cc2F)s1)C(=O)N[C@@H](CC(=O)O)C(=O)O.CCC[C@H](Cc1ccc(C(=O)Oc2ccc(C(=N)N)cc2F)s1)C(=O)N[C@@H](CC(=O)O)C(=O)O.C[C@H](Cc1ccc(C(=O)Oc2ccc(C(=N)N)cc2F)s1)C(=O)N[C@@H](CC(=O)O)C(=O)O. The van der Waals surface area contributed by atoms with E-state index in [2.05, 4.69) is 21.3 Å². The number of carbonyl (C=O) groups excluding carboxylic acids is 8. The standard InChI is InChI=1S/2C23H26FN3O7S.C22H24FN3O7S.C20H20FN3O7S/c2*1-11(2)7-13(21(30)27-16(22(31)32)10-19(28)29)8-14-4-6-18(35-14)23(33)34-17-5-3-12(20(25)26)9-15(17)24;1-2-3-12(20(29)26-15(21(30)31)10-18(27)28)8-13-5-7-17(34-13)22(32)33-16-6-4-11(19(24)25)9-14(16)23;1-9(18(27)24-13(19(28)29)8-16(25)26)6-11-3-5-15(32-11)20(30)31-14-4-2-10(17(22)23)7-12(14)21/h2*3-6,9,11,13,16H,7-8,10H2,1-2H3,(H3,25,26)(H,27,30)(H,28,29)(H,31,32);4-7,9,12,15H,2-3,8,10H2,1H3,(H3,24,25)(H,26,29)(H,27,28)(H,30,31);2-5,7,9,13H,6,8H2,1H3,(H3,22,23)(H,24,27)(H,25,26)(H,28,29)/t13-,16+;13-,16-;12-,15+;9-,13+/m1011/s1. The van der Waals surface area contributed by atoms with Crippen LogP contribution in [0.15, 0.2) is 121 Å². The maximum atomic E-state index is 14.2. The molecule has 8 atom stereocenters. The smallest absolute Gasteiger partial charge is 0.353 e. The molecule has 0 saturated heterocycles. The van der Waals surface area contributed by atoms with Crippen LogP contribution in [0.4, 0.5) is 17.6 Å². The second-order valence-corrected chi connectivity index (χ2v) is 35.4. The first-order chi connectivity index (χ1) is 63.7. The molecule has 24 N–H and O–H groups in total. The van der Waals surface area contributed by atoms with Gasteiger partial charge >= 0.3 is 71.6 Å². The third-order valence-electron chi connectivity index (χ3n) is 18.8. The van der Waals surface area contributed by atoms with Gasteiger partial charge in [0.2, 0.25) is 23.6 Å². The first-order valence-electron chi connectivity index (χ1n) is 40.5. The van der Waals surface area contributed by atoms with Crippen molar-refractivity contribution < 1.29 is 154 Å². The number of aliphatic carboxylic acids is 8. The third-order valence-corrected chi connectivity index (χ3v) is 23.1. The van der Waals surface area contributed by atoms with Crippen LogP contribution in [0.2, 0.25) is 0 Å². The van der Waals surface area contributed by atoms with Crippen molar-refractivity contribution in [3.63, 3.8) is 0 Å². The molecule has 0 spiro atoms. The van der Waals surface area contributed by atoms with Gasteiger partial charge in [0.15, 0.2) is 46.3 Å². The number of benzene rings is 4. The molecule has 48 heteroatoms. The number of nitrogen functional groups attached to an aromatic ring is 4. The Morgan fingerprint density at radius 3 is 0.757 bits per heavy atom. The fraction of sp³-hybridized carbons (Fsp3) is 0.318. The number of hydrogen-bond donors (Lipinski definition) is 20.